The summed E-state index contributed by atoms with van der Waals surface area (Å²) in [6.07, 6.45) is 3.14. The van der Waals surface area contributed by atoms with Gasteiger partial charge in [-0.3, -0.25) is 29.3 Å². The van der Waals surface area contributed by atoms with Crippen molar-refractivity contribution in [3.05, 3.63) is 98.4 Å². The highest BCUT2D eigenvalue weighted by molar-refractivity contribution is 6.25. The molecule has 0 saturated carbocycles. The molecule has 196 valence electrons. The topological polar surface area (TPSA) is 135 Å². The molecule has 6 rings (SSSR count). The maximum absolute atomic E-state index is 14.5. The molecule has 4 unspecified atom stereocenters. The van der Waals surface area contributed by atoms with Gasteiger partial charge in [0, 0.05) is 40.3 Å². The van der Waals surface area contributed by atoms with Gasteiger partial charge in [0.2, 0.25) is 11.8 Å². The number of carbonyl (C=O) groups excluding carboxylic acids is 4. The van der Waals surface area contributed by atoms with Gasteiger partial charge >= 0.3 is 0 Å². The summed E-state index contributed by atoms with van der Waals surface area (Å²) < 4.78 is 14.5. The number of fused-ring (bicyclic) bond motifs is 3. The first-order valence-electron chi connectivity index (χ1n) is 12.4. The van der Waals surface area contributed by atoms with Crippen molar-refractivity contribution in [1.82, 2.24) is 0 Å². The Morgan fingerprint density at radius 3 is 2.54 bits per heavy atom. The van der Waals surface area contributed by atoms with Crippen molar-refractivity contribution in [1.29, 1.82) is 0 Å². The zero-order chi connectivity index (χ0) is 27.7. The Hall–Kier alpha value is -4.73. The molecule has 0 bridgehead atoms. The van der Waals surface area contributed by atoms with E-state index in [4.69, 9.17) is 0 Å². The van der Waals surface area contributed by atoms with Crippen LogP contribution in [0.3, 0.4) is 0 Å². The Morgan fingerprint density at radius 2 is 1.79 bits per heavy atom. The fourth-order valence-electron chi connectivity index (χ4n) is 6.48. The van der Waals surface area contributed by atoms with Gasteiger partial charge in [0.15, 0.2) is 23.1 Å². The Kier molecular flexibility index (Phi) is 5.46. The normalized spacial score (nSPS) is 26.2. The predicted molar refractivity (Wildman–Crippen MR) is 135 cm³/mol. The fourth-order valence-corrected chi connectivity index (χ4v) is 6.48. The van der Waals surface area contributed by atoms with E-state index in [0.717, 1.165) is 17.0 Å². The molecule has 1 aliphatic heterocycles. The Balaban J connectivity index is 1.49. The van der Waals surface area contributed by atoms with Crippen LogP contribution in [-0.2, 0) is 19.2 Å². The van der Waals surface area contributed by atoms with Gasteiger partial charge in [-0.05, 0) is 43.9 Å². The molecule has 10 heteroatoms. The molecular weight excluding hydrogens is 507 g/mol. The number of nitro groups is 1. The van der Waals surface area contributed by atoms with Crippen LogP contribution < -0.4 is 4.90 Å². The Morgan fingerprint density at radius 1 is 1.05 bits per heavy atom. The number of imide groups is 1. The van der Waals surface area contributed by atoms with Gasteiger partial charge in [0.05, 0.1) is 22.4 Å². The van der Waals surface area contributed by atoms with Gasteiger partial charge < -0.3 is 5.11 Å². The Labute approximate surface area is 221 Å². The maximum atomic E-state index is 14.5. The van der Waals surface area contributed by atoms with Crippen LogP contribution in [-0.4, -0.2) is 33.4 Å². The second-order valence-electron chi connectivity index (χ2n) is 10.2. The molecule has 1 fully saturated rings. The second kappa shape index (κ2) is 8.65. The lowest BCUT2D eigenvalue weighted by Gasteiger charge is -2.42. The number of Topliss-reactive ketones (excluding diaryl/α,β-unsaturated/α-hetero) is 1. The standard InChI is InChI=1S/C29H21FN2O7/c1-13-10-22(33)20-12-19-16(23(25(20)26(13)34)17-6-3-7-21(30)27(17)35)8-9-18-24(19)29(37)31(28(18)36)14-4-2-5-15(11-14)32(38)39/h2-8,10-11,18-19,23-24,35H,9,12H2,1H3. The number of aromatic hydroxyl groups is 1. The minimum Gasteiger partial charge on any atom is -0.505 e. The summed E-state index contributed by atoms with van der Waals surface area (Å²) in [6, 6.07) is 9.20. The molecule has 1 N–H and O–H groups in total. The van der Waals surface area contributed by atoms with E-state index in [1.54, 1.807) is 6.08 Å². The number of benzene rings is 2. The smallest absolute Gasteiger partial charge is 0.271 e. The second-order valence-corrected chi connectivity index (χ2v) is 10.2. The van der Waals surface area contributed by atoms with Crippen LogP contribution in [0.5, 0.6) is 5.75 Å². The molecule has 2 amide bonds. The number of allylic oxidation sites excluding steroid dienone is 6. The number of hydrogen-bond donors (Lipinski definition) is 1. The lowest BCUT2D eigenvalue weighted by Crippen LogP contribution is -2.39. The van der Waals surface area contributed by atoms with Crippen LogP contribution in [0.1, 0.15) is 31.2 Å². The average molecular weight is 528 g/mol. The number of rotatable bonds is 3. The molecule has 1 heterocycles. The van der Waals surface area contributed by atoms with Crippen LogP contribution in [0.2, 0.25) is 0 Å². The highest BCUT2D eigenvalue weighted by Gasteiger charge is 2.57. The molecule has 2 aromatic carbocycles. The van der Waals surface area contributed by atoms with Crippen molar-refractivity contribution in [3.8, 4) is 5.75 Å². The van der Waals surface area contributed by atoms with Gasteiger partial charge in [-0.25, -0.2) is 9.29 Å². The summed E-state index contributed by atoms with van der Waals surface area (Å²) in [4.78, 5) is 65.4. The number of para-hydroxylation sites is 1. The third-order valence-corrected chi connectivity index (χ3v) is 8.19. The van der Waals surface area contributed by atoms with Crippen LogP contribution in [0.15, 0.2) is 76.9 Å². The van der Waals surface area contributed by atoms with E-state index < -0.39 is 63.5 Å². The van der Waals surface area contributed by atoms with E-state index in [1.807, 2.05) is 0 Å². The van der Waals surface area contributed by atoms with Crippen LogP contribution in [0, 0.1) is 33.7 Å². The van der Waals surface area contributed by atoms with E-state index >= 15 is 0 Å². The van der Waals surface area contributed by atoms with Gasteiger partial charge in [-0.15, -0.1) is 0 Å². The van der Waals surface area contributed by atoms with Gasteiger partial charge in [0.25, 0.3) is 5.69 Å². The van der Waals surface area contributed by atoms with Crippen LogP contribution >= 0.6 is 0 Å². The van der Waals surface area contributed by atoms with Crippen molar-refractivity contribution in [2.75, 3.05) is 4.90 Å². The van der Waals surface area contributed by atoms with Crippen molar-refractivity contribution >= 4 is 34.8 Å². The summed E-state index contributed by atoms with van der Waals surface area (Å²) in [6.45, 7) is 1.51. The van der Waals surface area contributed by atoms with E-state index in [9.17, 15) is 38.8 Å². The van der Waals surface area contributed by atoms with Gasteiger partial charge in [-0.2, -0.15) is 0 Å². The SMILES string of the molecule is CC1=CC(=O)C2=C(C1=O)C(c1cccc(F)c1O)C1=CCC3C(=O)N(c4cccc([N+](=O)[O-])c4)C(=O)C3C1C2. The molecule has 39 heavy (non-hydrogen) atoms. The van der Waals surface area contributed by atoms with Crippen molar-refractivity contribution < 1.29 is 33.6 Å². The van der Waals surface area contributed by atoms with Crippen LogP contribution in [0.25, 0.3) is 0 Å². The predicted octanol–water partition coefficient (Wildman–Crippen LogP) is 4.07. The van der Waals surface area contributed by atoms with E-state index in [-0.39, 0.29) is 46.5 Å². The minimum atomic E-state index is -0.981. The number of phenols is 1. The van der Waals surface area contributed by atoms with Crippen molar-refractivity contribution in [2.24, 2.45) is 17.8 Å². The number of ketones is 2. The average Bonchev–Trinajstić information content (AvgIpc) is 3.17. The molecule has 9 nitrogen and oxygen atoms in total. The number of phenolic OH excluding ortho intramolecular Hbond substituents is 1. The number of nitrogens with zero attached hydrogens (tertiary/aromatic N) is 2. The lowest BCUT2D eigenvalue weighted by molar-refractivity contribution is -0.384. The fraction of sp³-hybridized carbons (Fsp3) is 0.241. The van der Waals surface area contributed by atoms with Crippen molar-refractivity contribution in [3.63, 3.8) is 0 Å². The van der Waals surface area contributed by atoms with E-state index in [2.05, 4.69) is 0 Å². The molecular formula is C29H21FN2O7. The Bertz CT molecular complexity index is 1640. The highest BCUT2D eigenvalue weighted by atomic mass is 19.1. The molecule has 1 saturated heterocycles. The number of amides is 2. The number of non-ortho nitro benzene ring substituents is 1. The third kappa shape index (κ3) is 3.51. The van der Waals surface area contributed by atoms with Crippen molar-refractivity contribution in [2.45, 2.75) is 25.7 Å². The van der Waals surface area contributed by atoms with E-state index in [1.165, 1.54) is 43.3 Å². The molecule has 3 aliphatic carbocycles. The zero-order valence-corrected chi connectivity index (χ0v) is 20.6. The number of anilines is 1. The zero-order valence-electron chi connectivity index (χ0n) is 20.6. The van der Waals surface area contributed by atoms with Gasteiger partial charge in [-0.1, -0.05) is 29.8 Å². The van der Waals surface area contributed by atoms with Crippen LogP contribution in [0.4, 0.5) is 15.8 Å². The summed E-state index contributed by atoms with van der Waals surface area (Å²) in [7, 11) is 0. The molecule has 4 aliphatic rings. The minimum absolute atomic E-state index is 0.0189. The lowest BCUT2D eigenvalue weighted by atomic mass is 9.59. The number of carbonyl (C=O) groups is 4. The largest absolute Gasteiger partial charge is 0.505 e. The first kappa shape index (κ1) is 24.6. The molecule has 2 aromatic rings. The number of hydrogen-bond acceptors (Lipinski definition) is 7. The first-order valence-corrected chi connectivity index (χ1v) is 12.4. The monoisotopic (exact) mass is 528 g/mol. The summed E-state index contributed by atoms with van der Waals surface area (Å²) in [5.74, 6) is -6.76. The molecule has 4 atom stereocenters. The first-order chi connectivity index (χ1) is 18.6. The summed E-state index contributed by atoms with van der Waals surface area (Å²) in [5.41, 5.74) is 1.01. The molecule has 0 radical (unpaired) electrons. The number of halogens is 1. The molecule has 0 aromatic heterocycles. The maximum Gasteiger partial charge on any atom is 0.271 e. The summed E-state index contributed by atoms with van der Waals surface area (Å²) >= 11 is 0. The van der Waals surface area contributed by atoms with Gasteiger partial charge in [0.1, 0.15) is 0 Å². The third-order valence-electron chi connectivity index (χ3n) is 8.19. The quantitative estimate of drug-likeness (QED) is 0.209. The number of nitro benzene ring substituents is 1. The van der Waals surface area contributed by atoms with E-state index in [0.29, 0.717) is 5.57 Å². The molecule has 0 spiro atoms. The summed E-state index contributed by atoms with van der Waals surface area (Å²) in [5, 5.41) is 22.0. The highest BCUT2D eigenvalue weighted by Crippen LogP contribution is 2.56.